The molecule has 0 heterocycles. The van der Waals surface area contributed by atoms with Crippen LogP contribution in [0.25, 0.3) is 0 Å². The van der Waals surface area contributed by atoms with E-state index < -0.39 is 12.0 Å². The van der Waals surface area contributed by atoms with Crippen LogP contribution < -0.4 is 11.5 Å². The molecule has 0 amide bonds. The molecule has 5 N–H and O–H groups in total. The minimum Gasteiger partial charge on any atom is -0.480 e. The largest absolute Gasteiger partial charge is 0.480 e. The van der Waals surface area contributed by atoms with E-state index in [0.717, 1.165) is 0 Å². The topological polar surface area (TPSA) is 105 Å². The second-order valence-electron chi connectivity index (χ2n) is 2.56. The van der Waals surface area contributed by atoms with E-state index in [2.05, 4.69) is 37.3 Å². The van der Waals surface area contributed by atoms with Gasteiger partial charge < -0.3 is 16.6 Å². The van der Waals surface area contributed by atoms with Crippen LogP contribution in [-0.2, 0) is 4.79 Å². The molecular formula is C6H12Br2N4O2. The summed E-state index contributed by atoms with van der Waals surface area (Å²) in [5.41, 5.74) is 10.2. The molecule has 0 rings (SSSR count). The van der Waals surface area contributed by atoms with E-state index in [1.807, 2.05) is 0 Å². The summed E-state index contributed by atoms with van der Waals surface area (Å²) in [5.74, 6) is -0.894. The number of carboxylic acids is 1. The molecule has 1 atom stereocenters. The zero-order chi connectivity index (χ0) is 11.1. The van der Waals surface area contributed by atoms with Crippen molar-refractivity contribution in [2.45, 2.75) is 18.9 Å². The van der Waals surface area contributed by atoms with Crippen molar-refractivity contribution < 1.29 is 9.90 Å². The maximum Gasteiger partial charge on any atom is 0.322 e. The van der Waals surface area contributed by atoms with Crippen molar-refractivity contribution in [2.75, 3.05) is 6.54 Å². The monoisotopic (exact) mass is 330 g/mol. The third-order valence-corrected chi connectivity index (χ3v) is 2.44. The lowest BCUT2D eigenvalue weighted by Crippen LogP contribution is -2.29. The number of guanidine groups is 1. The highest BCUT2D eigenvalue weighted by Crippen LogP contribution is 2.16. The van der Waals surface area contributed by atoms with E-state index in [1.165, 1.54) is 2.95 Å². The van der Waals surface area contributed by atoms with Crippen molar-refractivity contribution in [3.05, 3.63) is 0 Å². The molecule has 14 heavy (non-hydrogen) atoms. The number of carbonyl (C=O) groups is 1. The van der Waals surface area contributed by atoms with Gasteiger partial charge in [0.25, 0.3) is 0 Å². The quantitative estimate of drug-likeness (QED) is 0.283. The maximum atomic E-state index is 10.7. The first kappa shape index (κ1) is 13.7. The van der Waals surface area contributed by atoms with Crippen LogP contribution in [0.15, 0.2) is 4.99 Å². The van der Waals surface area contributed by atoms with Gasteiger partial charge in [-0.3, -0.25) is 9.79 Å². The second kappa shape index (κ2) is 7.02. The summed E-state index contributed by atoms with van der Waals surface area (Å²) >= 11 is 6.01. The van der Waals surface area contributed by atoms with Gasteiger partial charge in [0.2, 0.25) is 0 Å². The summed E-state index contributed by atoms with van der Waals surface area (Å²) in [7, 11) is 0. The maximum absolute atomic E-state index is 10.7. The SMILES string of the molecule is NC(N)=NCCCC(C(=O)O)N(Br)Br. The first-order valence-electron chi connectivity index (χ1n) is 3.84. The van der Waals surface area contributed by atoms with E-state index in [1.54, 1.807) is 0 Å². The molecule has 0 saturated carbocycles. The van der Waals surface area contributed by atoms with Gasteiger partial charge in [-0.1, -0.05) is 0 Å². The average molecular weight is 332 g/mol. The molecule has 0 spiro atoms. The number of rotatable bonds is 6. The summed E-state index contributed by atoms with van der Waals surface area (Å²) in [5, 5.41) is 8.77. The zero-order valence-electron chi connectivity index (χ0n) is 7.36. The van der Waals surface area contributed by atoms with Crippen LogP contribution in [-0.4, -0.2) is 32.6 Å². The van der Waals surface area contributed by atoms with Gasteiger partial charge in [0, 0.05) is 38.8 Å². The molecule has 1 unspecified atom stereocenters. The number of carboxylic acid groups (broad SMARTS) is 1. The van der Waals surface area contributed by atoms with Crippen molar-refractivity contribution in [3.8, 4) is 0 Å². The Bertz CT molecular complexity index is 218. The van der Waals surface area contributed by atoms with Crippen molar-refractivity contribution in [1.82, 2.24) is 2.95 Å². The first-order valence-corrected chi connectivity index (χ1v) is 5.26. The molecule has 0 bridgehead atoms. The summed E-state index contributed by atoms with van der Waals surface area (Å²) in [6.07, 6.45) is 1.05. The molecule has 0 radical (unpaired) electrons. The van der Waals surface area contributed by atoms with Crippen molar-refractivity contribution in [3.63, 3.8) is 0 Å². The Morgan fingerprint density at radius 2 is 2.07 bits per heavy atom. The van der Waals surface area contributed by atoms with Gasteiger partial charge in [-0.25, -0.2) is 0 Å². The van der Waals surface area contributed by atoms with Crippen LogP contribution >= 0.6 is 32.3 Å². The summed E-state index contributed by atoms with van der Waals surface area (Å²) < 4.78 is 1.29. The number of nitrogens with two attached hydrogens (primary N) is 2. The number of hydrogen-bond acceptors (Lipinski definition) is 3. The fourth-order valence-electron chi connectivity index (χ4n) is 0.797. The summed E-state index contributed by atoms with van der Waals surface area (Å²) in [6, 6.07) is -0.635. The Labute approximate surface area is 99.0 Å². The molecule has 0 aliphatic heterocycles. The molecule has 82 valence electrons. The predicted molar refractivity (Wildman–Crippen MR) is 61.0 cm³/mol. The summed E-state index contributed by atoms with van der Waals surface area (Å²) in [4.78, 5) is 14.4. The fraction of sp³-hybridized carbons (Fsp3) is 0.667. The average Bonchev–Trinajstić information content (AvgIpc) is 2.01. The van der Waals surface area contributed by atoms with E-state index >= 15 is 0 Å². The Balaban J connectivity index is 3.84. The molecule has 0 aliphatic rings. The Hall–Kier alpha value is -0.340. The number of aliphatic imine (C=N–C) groups is 1. The normalized spacial score (nSPS) is 12.5. The number of halogens is 2. The van der Waals surface area contributed by atoms with Crippen molar-refractivity contribution in [2.24, 2.45) is 16.5 Å². The third-order valence-electron chi connectivity index (χ3n) is 1.45. The van der Waals surface area contributed by atoms with Crippen molar-refractivity contribution in [1.29, 1.82) is 0 Å². The molecule has 0 aromatic rings. The highest BCUT2D eigenvalue weighted by Gasteiger charge is 2.21. The minimum absolute atomic E-state index is 0.0198. The van der Waals surface area contributed by atoms with Crippen LogP contribution in [0.4, 0.5) is 0 Å². The number of hydrogen-bond donors (Lipinski definition) is 3. The Morgan fingerprint density at radius 1 is 1.50 bits per heavy atom. The van der Waals surface area contributed by atoms with Gasteiger partial charge in [0.1, 0.15) is 6.04 Å². The molecule has 0 aromatic heterocycles. The lowest BCUT2D eigenvalue weighted by Gasteiger charge is -2.14. The fourth-order valence-corrected chi connectivity index (χ4v) is 1.56. The van der Waals surface area contributed by atoms with Crippen molar-refractivity contribution >= 4 is 44.2 Å². The standard InChI is InChI=1S/C6H12Br2N4O2/c7-12(8)4(5(13)14)2-1-3-11-6(9)10/h4H,1-3H2,(H,13,14)(H4,9,10,11). The first-order chi connectivity index (χ1) is 6.45. The van der Waals surface area contributed by atoms with Gasteiger partial charge in [0.15, 0.2) is 5.96 Å². The van der Waals surface area contributed by atoms with E-state index in [4.69, 9.17) is 16.6 Å². The van der Waals surface area contributed by atoms with Crippen LogP contribution in [0.5, 0.6) is 0 Å². The van der Waals surface area contributed by atoms with Crippen LogP contribution in [0.3, 0.4) is 0 Å². The van der Waals surface area contributed by atoms with E-state index in [0.29, 0.717) is 19.4 Å². The third kappa shape index (κ3) is 6.17. The van der Waals surface area contributed by atoms with Crippen LogP contribution in [0.2, 0.25) is 0 Å². The highest BCUT2D eigenvalue weighted by atomic mass is 79.9. The molecule has 0 aromatic carbocycles. The highest BCUT2D eigenvalue weighted by molar-refractivity contribution is 9.21. The Kier molecular flexibility index (Phi) is 6.85. The smallest absolute Gasteiger partial charge is 0.322 e. The van der Waals surface area contributed by atoms with Gasteiger partial charge in [-0.15, -0.1) is 0 Å². The molecular weight excluding hydrogens is 320 g/mol. The number of nitrogens with zero attached hydrogens (tertiary/aromatic N) is 2. The molecule has 6 nitrogen and oxygen atoms in total. The zero-order valence-corrected chi connectivity index (χ0v) is 10.5. The second-order valence-corrected chi connectivity index (χ2v) is 5.04. The lowest BCUT2D eigenvalue weighted by atomic mass is 10.2. The Morgan fingerprint density at radius 3 is 2.43 bits per heavy atom. The lowest BCUT2D eigenvalue weighted by molar-refractivity contribution is -0.140. The molecule has 0 aliphatic carbocycles. The van der Waals surface area contributed by atoms with Gasteiger partial charge in [0.05, 0.1) is 0 Å². The predicted octanol–water partition coefficient (Wildman–Crippen LogP) is 0.415. The molecule has 0 saturated heterocycles. The van der Waals surface area contributed by atoms with Crippen LogP contribution in [0, 0.1) is 0 Å². The molecule has 8 heteroatoms. The van der Waals surface area contributed by atoms with Gasteiger partial charge >= 0.3 is 5.97 Å². The van der Waals surface area contributed by atoms with Crippen LogP contribution in [0.1, 0.15) is 12.8 Å². The molecule has 0 fully saturated rings. The summed E-state index contributed by atoms with van der Waals surface area (Å²) in [6.45, 7) is 0.431. The van der Waals surface area contributed by atoms with E-state index in [9.17, 15) is 4.79 Å². The van der Waals surface area contributed by atoms with Gasteiger partial charge in [-0.2, -0.15) is 2.95 Å². The van der Waals surface area contributed by atoms with Gasteiger partial charge in [-0.05, 0) is 12.8 Å². The number of aliphatic carboxylic acids is 1. The minimum atomic E-state index is -0.913. The van der Waals surface area contributed by atoms with E-state index in [-0.39, 0.29) is 5.96 Å².